The first-order chi connectivity index (χ1) is 15.0. The maximum atomic E-state index is 13.0. The van der Waals surface area contributed by atoms with E-state index in [1.165, 1.54) is 0 Å². The van der Waals surface area contributed by atoms with Gasteiger partial charge in [0.05, 0.1) is 25.3 Å². The van der Waals surface area contributed by atoms with E-state index in [-0.39, 0.29) is 11.3 Å². The van der Waals surface area contributed by atoms with Crippen molar-refractivity contribution in [3.05, 3.63) is 64.7 Å². The van der Waals surface area contributed by atoms with E-state index >= 15 is 0 Å². The summed E-state index contributed by atoms with van der Waals surface area (Å²) in [6.45, 7) is 3.17. The molecule has 1 N–H and O–H groups in total. The van der Waals surface area contributed by atoms with E-state index in [2.05, 4.69) is 0 Å². The molecule has 1 atom stereocenters. The smallest absolute Gasteiger partial charge is 0.295 e. The second-order valence-electron chi connectivity index (χ2n) is 7.89. The largest absolute Gasteiger partial charge is 0.507 e. The van der Waals surface area contributed by atoms with Gasteiger partial charge < -0.3 is 19.5 Å². The first-order valence-electron chi connectivity index (χ1n) is 10.7. The molecule has 2 aliphatic rings. The average molecular weight is 421 g/mol. The van der Waals surface area contributed by atoms with Crippen molar-refractivity contribution in [3.63, 3.8) is 0 Å². The maximum Gasteiger partial charge on any atom is 0.295 e. The molecule has 0 spiro atoms. The molecule has 1 saturated heterocycles. The number of rotatable bonds is 6. The molecule has 162 valence electrons. The molecule has 1 unspecified atom stereocenters. The second kappa shape index (κ2) is 8.84. The van der Waals surface area contributed by atoms with Crippen LogP contribution in [-0.2, 0) is 16.0 Å². The number of likely N-dealkylation sites (tertiary alicyclic amines) is 1. The molecule has 0 aliphatic carbocycles. The number of fused-ring (bicyclic) bond motifs is 1. The highest BCUT2D eigenvalue weighted by Crippen LogP contribution is 2.40. The summed E-state index contributed by atoms with van der Waals surface area (Å²) in [6, 6.07) is 12.0. The van der Waals surface area contributed by atoms with Gasteiger partial charge in [-0.1, -0.05) is 25.5 Å². The number of carbonyl (C=O) groups excluding carboxylic acids is 2. The Balaban J connectivity index is 1.81. The van der Waals surface area contributed by atoms with Gasteiger partial charge in [-0.3, -0.25) is 9.59 Å². The third-order valence-electron chi connectivity index (χ3n) is 5.91. The summed E-state index contributed by atoms with van der Waals surface area (Å²) in [5.74, 6) is 0.119. The number of aliphatic hydroxyl groups is 1. The van der Waals surface area contributed by atoms with Crippen molar-refractivity contribution in [2.75, 3.05) is 20.3 Å². The molecular weight excluding hydrogens is 394 g/mol. The third-order valence-corrected chi connectivity index (χ3v) is 5.91. The summed E-state index contributed by atoms with van der Waals surface area (Å²) >= 11 is 0. The van der Waals surface area contributed by atoms with E-state index in [0.29, 0.717) is 24.5 Å². The van der Waals surface area contributed by atoms with Gasteiger partial charge in [0, 0.05) is 12.1 Å². The molecule has 1 fully saturated rings. The van der Waals surface area contributed by atoms with Crippen LogP contribution in [0.4, 0.5) is 0 Å². The maximum absolute atomic E-state index is 13.0. The number of amides is 1. The second-order valence-corrected chi connectivity index (χ2v) is 7.89. The zero-order valence-corrected chi connectivity index (χ0v) is 17.9. The van der Waals surface area contributed by atoms with E-state index in [1.807, 2.05) is 31.2 Å². The zero-order valence-electron chi connectivity index (χ0n) is 17.9. The Labute approximate surface area is 182 Å². The number of hydrogen-bond donors (Lipinski definition) is 1. The Bertz CT molecular complexity index is 1020. The molecule has 0 aromatic heterocycles. The number of benzene rings is 2. The summed E-state index contributed by atoms with van der Waals surface area (Å²) in [5.41, 5.74) is 2.41. The predicted molar refractivity (Wildman–Crippen MR) is 117 cm³/mol. The molecule has 2 aliphatic heterocycles. The third kappa shape index (κ3) is 3.90. The molecule has 2 aromatic rings. The minimum Gasteiger partial charge on any atom is -0.507 e. The highest BCUT2D eigenvalue weighted by Gasteiger charge is 2.45. The van der Waals surface area contributed by atoms with Gasteiger partial charge >= 0.3 is 0 Å². The number of ketones is 1. The monoisotopic (exact) mass is 421 g/mol. The van der Waals surface area contributed by atoms with Crippen LogP contribution in [0.1, 0.15) is 48.9 Å². The summed E-state index contributed by atoms with van der Waals surface area (Å²) in [5, 5.41) is 11.2. The van der Waals surface area contributed by atoms with Gasteiger partial charge in [-0.25, -0.2) is 0 Å². The highest BCUT2D eigenvalue weighted by atomic mass is 16.5. The summed E-state index contributed by atoms with van der Waals surface area (Å²) in [7, 11) is 1.59. The molecule has 0 bridgehead atoms. The van der Waals surface area contributed by atoms with Crippen LogP contribution in [0.2, 0.25) is 0 Å². The average Bonchev–Trinajstić information content (AvgIpc) is 3.06. The van der Waals surface area contributed by atoms with Crippen LogP contribution in [-0.4, -0.2) is 42.0 Å². The first kappa shape index (κ1) is 21.0. The number of aryl methyl sites for hydroxylation is 1. The van der Waals surface area contributed by atoms with Gasteiger partial charge in [-0.05, 0) is 60.7 Å². The lowest BCUT2D eigenvalue weighted by molar-refractivity contribution is -0.139. The van der Waals surface area contributed by atoms with Crippen LogP contribution in [0.25, 0.3) is 5.76 Å². The quantitative estimate of drug-likeness (QED) is 0.429. The topological polar surface area (TPSA) is 76.1 Å². The highest BCUT2D eigenvalue weighted by molar-refractivity contribution is 6.46. The lowest BCUT2D eigenvalue weighted by atomic mass is 9.94. The van der Waals surface area contributed by atoms with Gasteiger partial charge in [0.15, 0.2) is 0 Å². The van der Waals surface area contributed by atoms with E-state index in [9.17, 15) is 14.7 Å². The Morgan fingerprint density at radius 3 is 2.68 bits per heavy atom. The normalized spacial score (nSPS) is 19.8. The number of methoxy groups -OCH3 is 1. The molecule has 1 amide bonds. The molecule has 2 aromatic carbocycles. The van der Waals surface area contributed by atoms with Crippen molar-refractivity contribution in [2.45, 2.75) is 38.6 Å². The van der Waals surface area contributed by atoms with E-state index in [0.717, 1.165) is 42.6 Å². The lowest BCUT2D eigenvalue weighted by Crippen LogP contribution is -2.30. The van der Waals surface area contributed by atoms with Gasteiger partial charge in [-0.2, -0.15) is 0 Å². The Morgan fingerprint density at radius 2 is 1.97 bits per heavy atom. The molecular formula is C25H27NO5. The number of hydrogen-bond acceptors (Lipinski definition) is 5. The van der Waals surface area contributed by atoms with Gasteiger partial charge in [0.2, 0.25) is 0 Å². The molecule has 0 radical (unpaired) electrons. The van der Waals surface area contributed by atoms with Crippen LogP contribution in [0.5, 0.6) is 11.5 Å². The van der Waals surface area contributed by atoms with Crippen LogP contribution in [0, 0.1) is 0 Å². The summed E-state index contributed by atoms with van der Waals surface area (Å²) in [6.07, 6.45) is 3.42. The predicted octanol–water partition coefficient (Wildman–Crippen LogP) is 4.24. The van der Waals surface area contributed by atoms with E-state index in [4.69, 9.17) is 9.47 Å². The van der Waals surface area contributed by atoms with Crippen LogP contribution in [0.15, 0.2) is 48.0 Å². The van der Waals surface area contributed by atoms with Crippen LogP contribution < -0.4 is 9.47 Å². The number of aliphatic hydroxyl groups excluding tert-OH is 1. The number of nitrogens with zero attached hydrogens (tertiary/aromatic N) is 1. The van der Waals surface area contributed by atoms with Crippen molar-refractivity contribution >= 4 is 17.4 Å². The molecule has 2 heterocycles. The lowest BCUT2D eigenvalue weighted by Gasteiger charge is -2.25. The van der Waals surface area contributed by atoms with Gasteiger partial charge in [0.25, 0.3) is 11.7 Å². The Hall–Kier alpha value is -3.28. The molecule has 0 saturated carbocycles. The molecule has 6 heteroatoms. The minimum absolute atomic E-state index is 0.128. The van der Waals surface area contributed by atoms with Gasteiger partial charge in [-0.15, -0.1) is 0 Å². The minimum atomic E-state index is -0.650. The fourth-order valence-electron chi connectivity index (χ4n) is 4.24. The van der Waals surface area contributed by atoms with Crippen molar-refractivity contribution in [1.29, 1.82) is 0 Å². The molecule has 4 rings (SSSR count). The Morgan fingerprint density at radius 1 is 1.19 bits per heavy atom. The van der Waals surface area contributed by atoms with E-state index in [1.54, 1.807) is 30.2 Å². The number of carbonyl (C=O) groups is 2. The summed E-state index contributed by atoms with van der Waals surface area (Å²) in [4.78, 5) is 27.5. The SMILES string of the molecule is CCCCN1C(=O)C(=O)/C(=C(\O)c2ccc3c(c2)CCCO3)C1c1ccc(OC)cc1. The number of unbranched alkanes of at least 4 members (excludes halogenated alkanes) is 1. The van der Waals surface area contributed by atoms with Crippen molar-refractivity contribution in [3.8, 4) is 11.5 Å². The fraction of sp³-hybridized carbons (Fsp3) is 0.360. The first-order valence-corrected chi connectivity index (χ1v) is 10.7. The standard InChI is InChI=1S/C25H27NO5/c1-3-4-13-26-22(16-7-10-19(30-2)11-8-16)21(24(28)25(26)29)23(27)18-9-12-20-17(15-18)6-5-14-31-20/h7-12,15,22,27H,3-6,13-14H2,1-2H3/b23-21-. The van der Waals surface area contributed by atoms with Crippen molar-refractivity contribution in [2.24, 2.45) is 0 Å². The van der Waals surface area contributed by atoms with Crippen molar-refractivity contribution in [1.82, 2.24) is 4.90 Å². The number of Topliss-reactive ketones (excluding diaryl/α,β-unsaturated/α-hetero) is 1. The van der Waals surface area contributed by atoms with Gasteiger partial charge in [0.1, 0.15) is 17.3 Å². The summed E-state index contributed by atoms with van der Waals surface area (Å²) < 4.78 is 10.9. The molecule has 31 heavy (non-hydrogen) atoms. The fourth-order valence-corrected chi connectivity index (χ4v) is 4.24. The number of ether oxygens (including phenoxy) is 2. The zero-order chi connectivity index (χ0) is 22.0. The van der Waals surface area contributed by atoms with Crippen molar-refractivity contribution < 1.29 is 24.2 Å². The van der Waals surface area contributed by atoms with Crippen LogP contribution in [0.3, 0.4) is 0 Å². The van der Waals surface area contributed by atoms with Crippen LogP contribution >= 0.6 is 0 Å². The molecule has 6 nitrogen and oxygen atoms in total. The Kier molecular flexibility index (Phi) is 5.98. The van der Waals surface area contributed by atoms with E-state index < -0.39 is 17.7 Å².